The fourth-order valence-corrected chi connectivity index (χ4v) is 8.12. The Morgan fingerprint density at radius 2 is 1.55 bits per heavy atom. The molecule has 0 atom stereocenters. The van der Waals surface area contributed by atoms with E-state index in [2.05, 4.69) is 114 Å². The highest BCUT2D eigenvalue weighted by molar-refractivity contribution is 7.17. The van der Waals surface area contributed by atoms with E-state index in [1.807, 2.05) is 6.07 Å². The van der Waals surface area contributed by atoms with Crippen LogP contribution in [0.25, 0.3) is 48.7 Å². The Bertz CT molecular complexity index is 1920. The van der Waals surface area contributed by atoms with Crippen molar-refractivity contribution in [2.45, 2.75) is 52.9 Å². The Morgan fingerprint density at radius 3 is 2.35 bits per heavy atom. The van der Waals surface area contributed by atoms with Crippen LogP contribution in [0.2, 0.25) is 0 Å². The molecule has 2 aliphatic rings. The summed E-state index contributed by atoms with van der Waals surface area (Å²) in [7, 11) is 0. The Balaban J connectivity index is 1.46. The molecule has 0 saturated carbocycles. The zero-order valence-electron chi connectivity index (χ0n) is 23.9. The van der Waals surface area contributed by atoms with Gasteiger partial charge in [0, 0.05) is 10.4 Å². The van der Waals surface area contributed by atoms with Gasteiger partial charge in [-0.15, -0.1) is 11.3 Å². The van der Waals surface area contributed by atoms with Gasteiger partial charge < -0.3 is 0 Å². The lowest BCUT2D eigenvalue weighted by molar-refractivity contribution is 0.112. The van der Waals surface area contributed by atoms with Crippen molar-refractivity contribution in [2.75, 3.05) is 0 Å². The predicted molar refractivity (Wildman–Crippen MR) is 172 cm³/mol. The second-order valence-corrected chi connectivity index (χ2v) is 14.1. The molecule has 0 radical (unpaired) electrons. The fourth-order valence-electron chi connectivity index (χ4n) is 7.23. The number of thiophene rings is 1. The van der Waals surface area contributed by atoms with E-state index in [0.717, 1.165) is 28.9 Å². The SMILES string of the molecule is Cc1cc2c3c(ccc2cc1-c1ccc2ccccc2c1-c1ccc(C=O)s1)C1=C(CC(C)(C)C=C1)CC3(C)C. The molecule has 0 aliphatic heterocycles. The molecular formula is C38H34OS. The number of hydrogen-bond acceptors (Lipinski definition) is 2. The van der Waals surface area contributed by atoms with Gasteiger partial charge >= 0.3 is 0 Å². The smallest absolute Gasteiger partial charge is 0.160 e. The van der Waals surface area contributed by atoms with Gasteiger partial charge in [0.1, 0.15) is 0 Å². The lowest BCUT2D eigenvalue weighted by Gasteiger charge is -2.40. The van der Waals surface area contributed by atoms with E-state index < -0.39 is 0 Å². The first-order valence-electron chi connectivity index (χ1n) is 14.2. The van der Waals surface area contributed by atoms with E-state index in [4.69, 9.17) is 0 Å². The Hall–Kier alpha value is -3.75. The highest BCUT2D eigenvalue weighted by atomic mass is 32.1. The van der Waals surface area contributed by atoms with Crippen LogP contribution in [0, 0.1) is 12.3 Å². The zero-order chi connectivity index (χ0) is 27.8. The standard InChI is InChI=1S/C38H34OS/c1-23-18-33-25(11-14-31-28-16-17-37(2,3)20-26(28)21-38(4,5)36(31)33)19-32(23)30-13-10-24-8-6-7-9-29(24)35(30)34-15-12-27(22-39)40-34/h6-19,22H,20-21H2,1-5H3. The number of fused-ring (bicyclic) bond motifs is 5. The van der Waals surface area contributed by atoms with Crippen LogP contribution in [0.5, 0.6) is 0 Å². The number of carbonyl (C=O) groups is 1. The quantitative estimate of drug-likeness (QED) is 0.209. The maximum atomic E-state index is 11.6. The summed E-state index contributed by atoms with van der Waals surface area (Å²) < 4.78 is 0. The molecule has 4 aromatic carbocycles. The Kier molecular flexibility index (Phi) is 5.60. The van der Waals surface area contributed by atoms with Crippen LogP contribution in [-0.4, -0.2) is 6.29 Å². The molecule has 2 aliphatic carbocycles. The summed E-state index contributed by atoms with van der Waals surface area (Å²) in [6.45, 7) is 11.8. The molecule has 1 aromatic heterocycles. The van der Waals surface area contributed by atoms with E-state index in [0.29, 0.717) is 0 Å². The highest BCUT2D eigenvalue weighted by Crippen LogP contribution is 2.52. The third kappa shape index (κ3) is 3.92. The van der Waals surface area contributed by atoms with Gasteiger partial charge in [-0.2, -0.15) is 0 Å². The molecule has 198 valence electrons. The van der Waals surface area contributed by atoms with Gasteiger partial charge in [0.25, 0.3) is 0 Å². The van der Waals surface area contributed by atoms with Gasteiger partial charge in [-0.25, -0.2) is 0 Å². The van der Waals surface area contributed by atoms with Gasteiger partial charge in [-0.05, 0) is 104 Å². The van der Waals surface area contributed by atoms with Crippen LogP contribution in [0.15, 0.2) is 90.5 Å². The summed E-state index contributed by atoms with van der Waals surface area (Å²) in [6, 6.07) is 26.6. The van der Waals surface area contributed by atoms with Crippen LogP contribution < -0.4 is 0 Å². The van der Waals surface area contributed by atoms with E-state index >= 15 is 0 Å². The molecular weight excluding hydrogens is 504 g/mol. The lowest BCUT2D eigenvalue weighted by atomic mass is 9.64. The normalized spacial score (nSPS) is 17.2. The van der Waals surface area contributed by atoms with Crippen molar-refractivity contribution in [3.8, 4) is 21.6 Å². The summed E-state index contributed by atoms with van der Waals surface area (Å²) >= 11 is 1.57. The number of allylic oxidation sites excluding steroid dienone is 4. The van der Waals surface area contributed by atoms with E-state index in [1.165, 1.54) is 60.5 Å². The first kappa shape index (κ1) is 25.2. The third-order valence-electron chi connectivity index (χ3n) is 8.95. The van der Waals surface area contributed by atoms with Crippen molar-refractivity contribution in [2.24, 2.45) is 5.41 Å². The van der Waals surface area contributed by atoms with Crippen LogP contribution in [-0.2, 0) is 5.41 Å². The van der Waals surface area contributed by atoms with Gasteiger partial charge in [-0.3, -0.25) is 4.79 Å². The van der Waals surface area contributed by atoms with Gasteiger partial charge in [-0.1, -0.05) is 100 Å². The zero-order valence-corrected chi connectivity index (χ0v) is 24.7. The van der Waals surface area contributed by atoms with Crippen molar-refractivity contribution in [3.63, 3.8) is 0 Å². The van der Waals surface area contributed by atoms with E-state index in [1.54, 1.807) is 16.9 Å². The largest absolute Gasteiger partial charge is 0.297 e. The van der Waals surface area contributed by atoms with Crippen LogP contribution in [0.3, 0.4) is 0 Å². The number of benzene rings is 4. The molecule has 0 bridgehead atoms. The second kappa shape index (κ2) is 8.88. The first-order chi connectivity index (χ1) is 19.1. The van der Waals surface area contributed by atoms with Gasteiger partial charge in [0.15, 0.2) is 6.29 Å². The molecule has 0 amide bonds. The molecule has 1 nitrogen and oxygen atoms in total. The molecule has 5 aromatic rings. The van der Waals surface area contributed by atoms with Crippen molar-refractivity contribution in [1.29, 1.82) is 0 Å². The van der Waals surface area contributed by atoms with Crippen molar-refractivity contribution in [3.05, 3.63) is 112 Å². The minimum atomic E-state index is 0.0687. The molecule has 40 heavy (non-hydrogen) atoms. The van der Waals surface area contributed by atoms with Crippen molar-refractivity contribution < 1.29 is 4.79 Å². The Morgan fingerprint density at radius 1 is 0.775 bits per heavy atom. The maximum absolute atomic E-state index is 11.6. The summed E-state index contributed by atoms with van der Waals surface area (Å²) in [6.07, 6.45) is 7.98. The Labute approximate surface area is 240 Å². The van der Waals surface area contributed by atoms with Crippen molar-refractivity contribution in [1.82, 2.24) is 0 Å². The van der Waals surface area contributed by atoms with Gasteiger partial charge in [0.2, 0.25) is 0 Å². The maximum Gasteiger partial charge on any atom is 0.160 e. The minimum Gasteiger partial charge on any atom is -0.297 e. The molecule has 0 N–H and O–H groups in total. The van der Waals surface area contributed by atoms with Crippen LogP contribution in [0.4, 0.5) is 0 Å². The second-order valence-electron chi connectivity index (χ2n) is 13.0. The number of carbonyl (C=O) groups excluding carboxylic acids is 1. The predicted octanol–water partition coefficient (Wildman–Crippen LogP) is 10.9. The fraction of sp³-hybridized carbons (Fsp3) is 0.237. The van der Waals surface area contributed by atoms with Gasteiger partial charge in [0.05, 0.1) is 4.88 Å². The number of rotatable bonds is 3. The molecule has 2 heteroatoms. The van der Waals surface area contributed by atoms with Crippen LogP contribution in [0.1, 0.15) is 66.9 Å². The first-order valence-corrected chi connectivity index (χ1v) is 15.0. The number of aryl methyl sites for hydroxylation is 1. The summed E-state index contributed by atoms with van der Waals surface area (Å²) in [5, 5.41) is 5.09. The minimum absolute atomic E-state index is 0.0687. The lowest BCUT2D eigenvalue weighted by Crippen LogP contribution is -2.27. The number of hydrogen-bond donors (Lipinski definition) is 0. The van der Waals surface area contributed by atoms with E-state index in [-0.39, 0.29) is 10.8 Å². The molecule has 0 saturated heterocycles. The highest BCUT2D eigenvalue weighted by Gasteiger charge is 2.36. The monoisotopic (exact) mass is 538 g/mol. The molecule has 7 rings (SSSR count). The molecule has 0 fully saturated rings. The third-order valence-corrected chi connectivity index (χ3v) is 9.97. The molecule has 0 spiro atoms. The van der Waals surface area contributed by atoms with Crippen LogP contribution >= 0.6 is 11.3 Å². The average molecular weight is 539 g/mol. The van der Waals surface area contributed by atoms with E-state index in [9.17, 15) is 4.79 Å². The summed E-state index contributed by atoms with van der Waals surface area (Å²) in [5.41, 5.74) is 11.2. The number of aldehydes is 1. The summed E-state index contributed by atoms with van der Waals surface area (Å²) in [5.74, 6) is 0. The summed E-state index contributed by atoms with van der Waals surface area (Å²) in [4.78, 5) is 13.5. The molecule has 1 heterocycles. The molecule has 0 unspecified atom stereocenters. The van der Waals surface area contributed by atoms with Crippen molar-refractivity contribution >= 4 is 44.7 Å². The average Bonchev–Trinajstić information content (AvgIpc) is 3.39. The topological polar surface area (TPSA) is 17.1 Å².